The minimum Gasteiger partial charge on any atom is -0.462 e. The molecule has 1 aromatic heterocycles. The summed E-state index contributed by atoms with van der Waals surface area (Å²) in [5.74, 6) is 1.40. The molecule has 0 saturated heterocycles. The summed E-state index contributed by atoms with van der Waals surface area (Å²) in [5, 5.41) is 9.05. The van der Waals surface area contributed by atoms with Gasteiger partial charge in [0.2, 0.25) is 0 Å². The first-order valence-electron chi connectivity index (χ1n) is 3.05. The number of hydrogen-bond donors (Lipinski definition) is 1. The summed E-state index contributed by atoms with van der Waals surface area (Å²) in [6, 6.07) is 1.78. The maximum atomic E-state index is 9.05. The van der Waals surface area contributed by atoms with Gasteiger partial charge in [-0.3, -0.25) is 0 Å². The molecule has 0 aliphatic carbocycles. The monoisotopic (exact) mass is 204 g/mol. The molecule has 0 bridgehead atoms. The third-order valence-corrected chi connectivity index (χ3v) is 2.08. The van der Waals surface area contributed by atoms with Crippen LogP contribution in [0.4, 0.5) is 0 Å². The van der Waals surface area contributed by atoms with Crippen LogP contribution < -0.4 is 0 Å². The Bertz CT molecular complexity index is 208. The number of halogens is 1. The molecule has 1 heterocycles. The summed E-state index contributed by atoms with van der Waals surface area (Å²) in [5.41, 5.74) is 0. The van der Waals surface area contributed by atoms with Crippen molar-refractivity contribution in [2.75, 3.05) is 0 Å². The van der Waals surface area contributed by atoms with Gasteiger partial charge in [0.25, 0.3) is 0 Å². The highest BCUT2D eigenvalue weighted by molar-refractivity contribution is 9.10. The van der Waals surface area contributed by atoms with Crippen LogP contribution in [0.2, 0.25) is 0 Å². The van der Waals surface area contributed by atoms with Gasteiger partial charge in [-0.2, -0.15) is 0 Å². The summed E-state index contributed by atoms with van der Waals surface area (Å²) >= 11 is 3.28. The Labute approximate surface area is 68.0 Å². The van der Waals surface area contributed by atoms with Crippen molar-refractivity contribution in [1.82, 2.24) is 0 Å². The molecule has 0 unspecified atom stereocenters. The van der Waals surface area contributed by atoms with Gasteiger partial charge in [0, 0.05) is 0 Å². The fraction of sp³-hybridized carbons (Fsp3) is 0.429. The number of aryl methyl sites for hydroxylation is 1. The van der Waals surface area contributed by atoms with Gasteiger partial charge in [0.15, 0.2) is 0 Å². The predicted octanol–water partition coefficient (Wildman–Crippen LogP) is 2.40. The molecule has 0 spiro atoms. The largest absolute Gasteiger partial charge is 0.462 e. The first-order chi connectivity index (χ1) is 4.61. The molecule has 0 aromatic carbocycles. The lowest BCUT2D eigenvalue weighted by Crippen LogP contribution is -1.85. The third kappa shape index (κ3) is 1.41. The van der Waals surface area contributed by atoms with Gasteiger partial charge in [-0.1, -0.05) is 0 Å². The summed E-state index contributed by atoms with van der Waals surface area (Å²) in [7, 11) is 0. The molecular weight excluding hydrogens is 196 g/mol. The van der Waals surface area contributed by atoms with Crippen molar-refractivity contribution in [3.8, 4) is 0 Å². The zero-order chi connectivity index (χ0) is 7.72. The van der Waals surface area contributed by atoms with E-state index in [0.717, 1.165) is 10.2 Å². The van der Waals surface area contributed by atoms with Gasteiger partial charge in [-0.15, -0.1) is 0 Å². The van der Waals surface area contributed by atoms with Crippen molar-refractivity contribution in [1.29, 1.82) is 0 Å². The van der Waals surface area contributed by atoms with Gasteiger partial charge >= 0.3 is 0 Å². The normalized spacial score (nSPS) is 13.6. The molecule has 0 saturated carbocycles. The van der Waals surface area contributed by atoms with Crippen LogP contribution in [0.15, 0.2) is 15.0 Å². The highest BCUT2D eigenvalue weighted by atomic mass is 79.9. The van der Waals surface area contributed by atoms with Crippen LogP contribution in [0.1, 0.15) is 24.5 Å². The zero-order valence-electron chi connectivity index (χ0n) is 5.89. The average molecular weight is 205 g/mol. The summed E-state index contributed by atoms with van der Waals surface area (Å²) < 4.78 is 6.08. The molecule has 0 aliphatic rings. The molecule has 56 valence electrons. The van der Waals surface area contributed by atoms with Crippen LogP contribution >= 0.6 is 15.9 Å². The molecule has 1 aromatic rings. The number of furan rings is 1. The minimum absolute atomic E-state index is 0.523. The van der Waals surface area contributed by atoms with Gasteiger partial charge < -0.3 is 9.52 Å². The number of rotatable bonds is 1. The Balaban J connectivity index is 2.98. The minimum atomic E-state index is -0.523. The Morgan fingerprint density at radius 3 is 2.50 bits per heavy atom. The second-order valence-electron chi connectivity index (χ2n) is 2.23. The smallest absolute Gasteiger partial charge is 0.133 e. The van der Waals surface area contributed by atoms with E-state index in [1.54, 1.807) is 13.0 Å². The summed E-state index contributed by atoms with van der Waals surface area (Å²) in [4.78, 5) is 0. The zero-order valence-corrected chi connectivity index (χ0v) is 7.47. The molecule has 0 radical (unpaired) electrons. The van der Waals surface area contributed by atoms with Crippen LogP contribution in [0.5, 0.6) is 0 Å². The maximum absolute atomic E-state index is 9.05. The Hall–Kier alpha value is -0.280. The van der Waals surface area contributed by atoms with Crippen LogP contribution in [-0.2, 0) is 0 Å². The third-order valence-electron chi connectivity index (χ3n) is 1.29. The molecule has 1 rings (SSSR count). The number of aliphatic hydroxyl groups excluding tert-OH is 1. The van der Waals surface area contributed by atoms with E-state index in [4.69, 9.17) is 9.52 Å². The summed E-state index contributed by atoms with van der Waals surface area (Å²) in [6.07, 6.45) is -0.523. The van der Waals surface area contributed by atoms with E-state index in [2.05, 4.69) is 15.9 Å². The van der Waals surface area contributed by atoms with Crippen LogP contribution in [0, 0.1) is 6.92 Å². The van der Waals surface area contributed by atoms with Gasteiger partial charge in [-0.25, -0.2) is 0 Å². The van der Waals surface area contributed by atoms with Gasteiger partial charge in [0.05, 0.1) is 4.47 Å². The molecule has 2 nitrogen and oxygen atoms in total. The van der Waals surface area contributed by atoms with Crippen LogP contribution in [0.3, 0.4) is 0 Å². The fourth-order valence-corrected chi connectivity index (χ4v) is 0.994. The lowest BCUT2D eigenvalue weighted by molar-refractivity contribution is 0.168. The topological polar surface area (TPSA) is 33.4 Å². The molecule has 1 atom stereocenters. The first kappa shape index (κ1) is 7.82. The molecular formula is C7H9BrO2. The highest BCUT2D eigenvalue weighted by Gasteiger charge is 2.08. The predicted molar refractivity (Wildman–Crippen MR) is 41.8 cm³/mol. The van der Waals surface area contributed by atoms with Crippen LogP contribution in [0.25, 0.3) is 0 Å². The molecule has 1 N–H and O–H groups in total. The maximum Gasteiger partial charge on any atom is 0.133 e. The van der Waals surface area contributed by atoms with E-state index in [0.29, 0.717) is 5.76 Å². The van der Waals surface area contributed by atoms with E-state index in [1.165, 1.54) is 0 Å². The molecule has 3 heteroatoms. The van der Waals surface area contributed by atoms with Crippen molar-refractivity contribution in [3.63, 3.8) is 0 Å². The van der Waals surface area contributed by atoms with Gasteiger partial charge in [-0.05, 0) is 35.8 Å². The molecule has 0 amide bonds. The average Bonchev–Trinajstić information content (AvgIpc) is 2.13. The number of aliphatic hydroxyl groups is 1. The van der Waals surface area contributed by atoms with E-state index in [9.17, 15) is 0 Å². The van der Waals surface area contributed by atoms with Crippen LogP contribution in [-0.4, -0.2) is 5.11 Å². The number of hydrogen-bond acceptors (Lipinski definition) is 2. The van der Waals surface area contributed by atoms with E-state index in [-0.39, 0.29) is 0 Å². The van der Waals surface area contributed by atoms with Crippen molar-refractivity contribution >= 4 is 15.9 Å². The molecule has 0 fully saturated rings. The van der Waals surface area contributed by atoms with Crippen molar-refractivity contribution < 1.29 is 9.52 Å². The first-order valence-corrected chi connectivity index (χ1v) is 3.84. The second-order valence-corrected chi connectivity index (χ2v) is 3.08. The molecule has 10 heavy (non-hydrogen) atoms. The van der Waals surface area contributed by atoms with E-state index >= 15 is 0 Å². The Morgan fingerprint density at radius 1 is 1.70 bits per heavy atom. The quantitative estimate of drug-likeness (QED) is 0.763. The lowest BCUT2D eigenvalue weighted by atomic mass is 10.3. The Kier molecular flexibility index (Phi) is 2.16. The fourth-order valence-electron chi connectivity index (χ4n) is 0.687. The molecule has 0 aliphatic heterocycles. The summed E-state index contributed by atoms with van der Waals surface area (Å²) in [6.45, 7) is 3.51. The van der Waals surface area contributed by atoms with E-state index < -0.39 is 6.10 Å². The van der Waals surface area contributed by atoms with Gasteiger partial charge in [0.1, 0.15) is 17.6 Å². The lowest BCUT2D eigenvalue weighted by Gasteiger charge is -1.95. The van der Waals surface area contributed by atoms with Crippen molar-refractivity contribution in [3.05, 3.63) is 22.1 Å². The van der Waals surface area contributed by atoms with Crippen molar-refractivity contribution in [2.24, 2.45) is 0 Å². The van der Waals surface area contributed by atoms with E-state index in [1.807, 2.05) is 6.92 Å². The second kappa shape index (κ2) is 2.76. The highest BCUT2D eigenvalue weighted by Crippen LogP contribution is 2.24. The standard InChI is InChI=1S/C7H9BrO2/c1-4(9)7-3-6(8)5(2)10-7/h3-4,9H,1-2H3/t4-/m0/s1. The van der Waals surface area contributed by atoms with Crippen molar-refractivity contribution in [2.45, 2.75) is 20.0 Å². The SMILES string of the molecule is Cc1oc([C@H](C)O)cc1Br. The Morgan fingerprint density at radius 2 is 2.30 bits per heavy atom.